The fraction of sp³-hybridized carbons (Fsp3) is 0.163. The number of hydrogen-bond donors (Lipinski definition) is 1. The summed E-state index contributed by atoms with van der Waals surface area (Å²) in [6.45, 7) is 3.91. The maximum absolute atomic E-state index is 13.1. The van der Waals surface area contributed by atoms with Crippen LogP contribution in [0.2, 0.25) is 0 Å². The van der Waals surface area contributed by atoms with E-state index in [0.29, 0.717) is 28.8 Å². The van der Waals surface area contributed by atoms with Crippen LogP contribution in [0.25, 0.3) is 28.0 Å². The lowest BCUT2D eigenvalue weighted by Crippen LogP contribution is -2.39. The van der Waals surface area contributed by atoms with Crippen LogP contribution in [0.15, 0.2) is 150 Å². The number of halogens is 1. The molecule has 8 aromatic rings. The van der Waals surface area contributed by atoms with E-state index in [1.807, 2.05) is 83.4 Å². The van der Waals surface area contributed by atoms with Gasteiger partial charge >= 0.3 is 0 Å². The summed E-state index contributed by atoms with van der Waals surface area (Å²) in [4.78, 5) is 17.2. The average Bonchev–Trinajstić information content (AvgIpc) is 3.94. The number of unbranched alkanes of at least 4 members (excludes halogenated alkanes) is 1. The Morgan fingerprint density at radius 3 is 2.00 bits per heavy atom. The second-order valence-corrected chi connectivity index (χ2v) is 16.4. The van der Waals surface area contributed by atoms with Crippen molar-refractivity contribution in [2.75, 3.05) is 6.66 Å². The number of para-hydroxylation sites is 1. The summed E-state index contributed by atoms with van der Waals surface area (Å²) in [5.41, 5.74) is 6.19. The van der Waals surface area contributed by atoms with E-state index in [2.05, 4.69) is 99.3 Å². The first-order valence-electron chi connectivity index (χ1n) is 18.0. The molecule has 5 aromatic carbocycles. The number of fused-ring (bicyclic) bond motifs is 1. The van der Waals surface area contributed by atoms with E-state index < -0.39 is 12.9 Å². The van der Waals surface area contributed by atoms with Crippen LogP contribution >= 0.6 is 23.3 Å². The molecule has 3 heterocycles. The third kappa shape index (κ3) is 6.34. The first kappa shape index (κ1) is 35.6. The van der Waals surface area contributed by atoms with Gasteiger partial charge in [0.1, 0.15) is 15.9 Å². The van der Waals surface area contributed by atoms with Gasteiger partial charge < -0.3 is 14.0 Å². The Morgan fingerprint density at radius 2 is 1.39 bits per heavy atom. The average molecular weight is 797 g/mol. The van der Waals surface area contributed by atoms with Gasteiger partial charge in [0.05, 0.1) is 17.7 Å². The molecule has 8 rings (SSSR count). The molecule has 0 saturated heterocycles. The quantitative estimate of drug-likeness (QED) is 0.0979. The highest BCUT2D eigenvalue weighted by atomic mass is 79.9. The number of aromatic nitrogens is 7. The lowest BCUT2D eigenvalue weighted by atomic mass is 9.77. The molecule has 0 aliphatic rings. The topological polar surface area (TPSA) is 104 Å². The first-order valence-corrected chi connectivity index (χ1v) is 20.9. The number of rotatable bonds is 12. The minimum Gasteiger partial charge on any atom is -0.340 e. The molecule has 0 fully saturated rings. The second kappa shape index (κ2) is 14.8. The van der Waals surface area contributed by atoms with Crippen molar-refractivity contribution in [2.45, 2.75) is 38.3 Å². The van der Waals surface area contributed by atoms with Gasteiger partial charge in [-0.1, -0.05) is 129 Å². The molecule has 0 saturated carbocycles. The van der Waals surface area contributed by atoms with E-state index in [-0.39, 0.29) is 0 Å². The van der Waals surface area contributed by atoms with Gasteiger partial charge in [0.15, 0.2) is 5.54 Å². The van der Waals surface area contributed by atoms with Gasteiger partial charge in [-0.05, 0) is 74.1 Å². The van der Waals surface area contributed by atoms with E-state index in [1.54, 1.807) is 4.80 Å². The number of aryl methyl sites for hydroxylation is 1. The maximum Gasteiger partial charge on any atom is 0.245 e. The number of benzene rings is 5. The highest BCUT2D eigenvalue weighted by Gasteiger charge is 2.41. The van der Waals surface area contributed by atoms with Gasteiger partial charge in [-0.25, -0.2) is 4.98 Å². The fourth-order valence-electron chi connectivity index (χ4n) is 7.52. The van der Waals surface area contributed by atoms with E-state index >= 15 is 0 Å². The largest absolute Gasteiger partial charge is 0.340 e. The normalized spacial score (nSPS) is 13.0. The summed E-state index contributed by atoms with van der Waals surface area (Å²) in [6, 6.07) is 47.3. The number of hydrogen-bond acceptors (Lipinski definition) is 5. The van der Waals surface area contributed by atoms with E-state index in [1.165, 1.54) is 6.66 Å². The Morgan fingerprint density at radius 1 is 0.778 bits per heavy atom. The van der Waals surface area contributed by atoms with Crippen LogP contribution < -0.4 is 5.44 Å². The summed E-state index contributed by atoms with van der Waals surface area (Å²) in [6.07, 6.45) is 4.70. The van der Waals surface area contributed by atoms with Gasteiger partial charge in [0, 0.05) is 30.2 Å². The van der Waals surface area contributed by atoms with E-state index in [4.69, 9.17) is 15.4 Å². The lowest BCUT2D eigenvalue weighted by molar-refractivity contribution is 0.396. The van der Waals surface area contributed by atoms with E-state index in [9.17, 15) is 9.46 Å². The molecule has 1 atom stereocenters. The summed E-state index contributed by atoms with van der Waals surface area (Å²) in [5.74, 6) is 1.29. The van der Waals surface area contributed by atoms with Crippen molar-refractivity contribution in [1.82, 2.24) is 34.3 Å². The molecule has 1 N–H and O–H groups in total. The third-order valence-corrected chi connectivity index (χ3v) is 12.1. The molecule has 11 heteroatoms. The van der Waals surface area contributed by atoms with Crippen LogP contribution in [-0.2, 0) is 23.1 Å². The molecule has 1 unspecified atom stereocenters. The number of imidazole rings is 1. The molecule has 0 spiro atoms. The monoisotopic (exact) mass is 795 g/mol. The number of tetrazole rings is 1. The van der Waals surface area contributed by atoms with E-state index in [0.717, 1.165) is 63.1 Å². The first-order chi connectivity index (χ1) is 26.3. The second-order valence-electron chi connectivity index (χ2n) is 13.5. The van der Waals surface area contributed by atoms with Crippen molar-refractivity contribution in [1.29, 1.82) is 0 Å². The minimum atomic E-state index is -3.63. The fourth-order valence-corrected chi connectivity index (χ4v) is 9.95. The molecule has 0 amide bonds. The van der Waals surface area contributed by atoms with Crippen LogP contribution in [0.4, 0.5) is 0 Å². The molecule has 270 valence electrons. The van der Waals surface area contributed by atoms with Crippen LogP contribution in [0.3, 0.4) is 0 Å². The molecular formula is C43H39BrN7O2P. The predicted octanol–water partition coefficient (Wildman–Crippen LogP) is 9.00. The summed E-state index contributed by atoms with van der Waals surface area (Å²) >= 11 is 3.49. The number of nitrogens with zero attached hydrogens (tertiary/aromatic N) is 7. The van der Waals surface area contributed by atoms with Gasteiger partial charge in [-0.2, -0.15) is 0 Å². The molecule has 0 aliphatic heterocycles. The van der Waals surface area contributed by atoms with Crippen molar-refractivity contribution in [3.8, 4) is 17.1 Å². The summed E-state index contributed by atoms with van der Waals surface area (Å²) < 4.78 is 17.6. The smallest absolute Gasteiger partial charge is 0.245 e. The Balaban J connectivity index is 1.25. The van der Waals surface area contributed by atoms with Crippen molar-refractivity contribution in [2.24, 2.45) is 0 Å². The SMILES string of the molecule is CCCCc1nc(Br)c(P(C)(=O)O)n1Cc1cccc2c1ccn2-c1ccccc1-c1nnn(C(c2ccccc2)(c2ccccc2)c2ccccc2)n1. The Hall–Kier alpha value is -5.41. The Kier molecular flexibility index (Phi) is 9.75. The summed E-state index contributed by atoms with van der Waals surface area (Å²) in [7, 11) is -3.63. The Bertz CT molecular complexity index is 2500. The molecule has 0 radical (unpaired) electrons. The highest BCUT2D eigenvalue weighted by Crippen LogP contribution is 2.41. The standard InChI is InChI=1S/C43H39BrN7O2P/c1-3-4-27-39-45-40(44)42(54(2,52)53)50(39)30-31-17-16-26-37-35(31)28-29-49(37)38-25-15-14-24-36(38)41-46-48-51(47-41)43(32-18-8-5-9-19-32,33-20-10-6-11-21-33)34-22-12-7-13-23-34/h5-26,28-29H,3-4,27,30H2,1-2H3,(H,52,53). The van der Waals surface area contributed by atoms with Crippen molar-refractivity contribution >= 4 is 39.6 Å². The van der Waals surface area contributed by atoms with Crippen molar-refractivity contribution in [3.05, 3.63) is 178 Å². The lowest BCUT2D eigenvalue weighted by Gasteiger charge is -2.34. The van der Waals surface area contributed by atoms with Gasteiger partial charge in [0.2, 0.25) is 13.2 Å². The van der Waals surface area contributed by atoms with Gasteiger partial charge in [-0.15, -0.1) is 15.0 Å². The highest BCUT2D eigenvalue weighted by molar-refractivity contribution is 9.10. The maximum atomic E-state index is 13.1. The van der Waals surface area contributed by atoms with Crippen LogP contribution in [-0.4, -0.2) is 45.9 Å². The van der Waals surface area contributed by atoms with Crippen LogP contribution in [0, 0.1) is 0 Å². The van der Waals surface area contributed by atoms with Gasteiger partial charge in [0.25, 0.3) is 0 Å². The van der Waals surface area contributed by atoms with Gasteiger partial charge in [-0.3, -0.25) is 4.57 Å². The Labute approximate surface area is 322 Å². The minimum absolute atomic E-state index is 0.335. The zero-order chi connectivity index (χ0) is 37.3. The molecule has 0 bridgehead atoms. The van der Waals surface area contributed by atoms with Crippen LogP contribution in [0.1, 0.15) is 47.8 Å². The molecule has 0 aliphatic carbocycles. The molecule has 54 heavy (non-hydrogen) atoms. The van der Waals surface area contributed by atoms with Crippen LogP contribution in [0.5, 0.6) is 0 Å². The molecule has 3 aromatic heterocycles. The van der Waals surface area contributed by atoms with Crippen molar-refractivity contribution in [3.63, 3.8) is 0 Å². The zero-order valence-corrected chi connectivity index (χ0v) is 32.5. The zero-order valence-electron chi connectivity index (χ0n) is 30.0. The third-order valence-electron chi connectivity index (χ3n) is 9.97. The molecule has 9 nitrogen and oxygen atoms in total. The summed E-state index contributed by atoms with van der Waals surface area (Å²) in [5, 5.41) is 15.8. The molecular weight excluding hydrogens is 757 g/mol. The predicted molar refractivity (Wildman–Crippen MR) is 218 cm³/mol. The van der Waals surface area contributed by atoms with Crippen molar-refractivity contribution < 1.29 is 9.46 Å².